The third-order valence-electron chi connectivity index (χ3n) is 6.62. The van der Waals surface area contributed by atoms with Crippen LogP contribution in [0.4, 0.5) is 11.6 Å². The Kier molecular flexibility index (Phi) is 6.69. The van der Waals surface area contributed by atoms with E-state index >= 15 is 0 Å². The predicted octanol–water partition coefficient (Wildman–Crippen LogP) is 3.12. The van der Waals surface area contributed by atoms with E-state index in [4.69, 9.17) is 15.9 Å². The van der Waals surface area contributed by atoms with Crippen LogP contribution in [-0.2, 0) is 0 Å². The van der Waals surface area contributed by atoms with Crippen molar-refractivity contribution in [2.45, 2.75) is 31.3 Å². The topological polar surface area (TPSA) is 112 Å². The molecule has 0 saturated carbocycles. The largest absolute Gasteiger partial charge is 0.458 e. The number of nitrogen functional groups attached to an aromatic ring is 1. The van der Waals surface area contributed by atoms with Gasteiger partial charge in [0, 0.05) is 38.3 Å². The molecule has 176 valence electrons. The molecule has 5 N–H and O–H groups in total. The first-order chi connectivity index (χ1) is 16.7. The van der Waals surface area contributed by atoms with E-state index in [9.17, 15) is 0 Å². The summed E-state index contributed by atoms with van der Waals surface area (Å²) in [5.41, 5.74) is 7.88. The second-order valence-corrected chi connectivity index (χ2v) is 8.87. The number of piperidine rings is 1. The van der Waals surface area contributed by atoms with Gasteiger partial charge in [0.1, 0.15) is 29.5 Å². The summed E-state index contributed by atoms with van der Waals surface area (Å²) in [6.45, 7) is 4.33. The van der Waals surface area contributed by atoms with Gasteiger partial charge >= 0.3 is 0 Å². The van der Waals surface area contributed by atoms with E-state index in [1.165, 1.54) is 6.33 Å². The summed E-state index contributed by atoms with van der Waals surface area (Å²) in [6, 6.07) is 10.7. The number of benzene rings is 1. The Morgan fingerprint density at radius 1 is 1.09 bits per heavy atom. The number of allylic oxidation sites excluding steroid dienone is 5. The molecule has 8 nitrogen and oxygen atoms in total. The van der Waals surface area contributed by atoms with Crippen molar-refractivity contribution >= 4 is 17.3 Å². The maximum atomic E-state index is 8.93. The number of nitrogens with zero attached hydrogens (tertiary/aromatic N) is 3. The van der Waals surface area contributed by atoms with E-state index in [-0.39, 0.29) is 0 Å². The molecule has 2 aromatic rings. The zero-order valence-corrected chi connectivity index (χ0v) is 19.2. The zero-order valence-electron chi connectivity index (χ0n) is 19.2. The normalized spacial score (nSPS) is 19.5. The monoisotopic (exact) mass is 457 g/mol. The predicted molar refractivity (Wildman–Crippen MR) is 135 cm³/mol. The van der Waals surface area contributed by atoms with Gasteiger partial charge in [0.25, 0.3) is 0 Å². The Morgan fingerprint density at radius 3 is 2.62 bits per heavy atom. The number of ether oxygens (including phenoxy) is 1. The Bertz CT molecular complexity index is 1110. The second kappa shape index (κ2) is 10.2. The number of rotatable bonds is 7. The lowest BCUT2D eigenvalue weighted by Gasteiger charge is -2.42. The molecule has 2 fully saturated rings. The summed E-state index contributed by atoms with van der Waals surface area (Å²) in [4.78, 5) is 11.2. The third kappa shape index (κ3) is 5.03. The van der Waals surface area contributed by atoms with Gasteiger partial charge in [-0.15, -0.1) is 0 Å². The van der Waals surface area contributed by atoms with Crippen molar-refractivity contribution in [2.75, 3.05) is 37.2 Å². The average Bonchev–Trinajstić information content (AvgIpc) is 3.05. The van der Waals surface area contributed by atoms with Crippen molar-refractivity contribution in [3.8, 4) is 5.75 Å². The SMILES string of the molecule is N=C(C1=CCC=C(Oc2ccccc2)C=C1)c1c(N)ncnc1NC1CCN(C2CNC2)CC1. The maximum absolute atomic E-state index is 8.93. The molecule has 0 spiro atoms. The molecule has 1 aliphatic carbocycles. The molecule has 2 saturated heterocycles. The summed E-state index contributed by atoms with van der Waals surface area (Å²) >= 11 is 0. The molecule has 3 aliphatic rings. The van der Waals surface area contributed by atoms with Gasteiger partial charge in [-0.1, -0.05) is 24.3 Å². The number of para-hydroxylation sites is 1. The first-order valence-electron chi connectivity index (χ1n) is 11.9. The fraction of sp³-hybridized carbons (Fsp3) is 0.346. The highest BCUT2D eigenvalue weighted by Crippen LogP contribution is 2.26. The third-order valence-corrected chi connectivity index (χ3v) is 6.62. The summed E-state index contributed by atoms with van der Waals surface area (Å²) in [7, 11) is 0. The molecular weight excluding hydrogens is 426 g/mol. The van der Waals surface area contributed by atoms with E-state index in [2.05, 4.69) is 25.5 Å². The highest BCUT2D eigenvalue weighted by atomic mass is 16.5. The van der Waals surface area contributed by atoms with E-state index in [0.29, 0.717) is 41.4 Å². The van der Waals surface area contributed by atoms with Crippen LogP contribution in [0.1, 0.15) is 24.8 Å². The molecule has 1 aromatic carbocycles. The van der Waals surface area contributed by atoms with Crippen LogP contribution < -0.4 is 21.1 Å². The van der Waals surface area contributed by atoms with Crippen molar-refractivity contribution in [2.24, 2.45) is 0 Å². The molecule has 8 heteroatoms. The number of hydrogen-bond acceptors (Lipinski definition) is 8. The zero-order chi connectivity index (χ0) is 23.3. The lowest BCUT2D eigenvalue weighted by atomic mass is 9.99. The number of likely N-dealkylation sites (tertiary alicyclic amines) is 1. The first-order valence-corrected chi connectivity index (χ1v) is 11.9. The van der Waals surface area contributed by atoms with Crippen molar-refractivity contribution in [3.63, 3.8) is 0 Å². The van der Waals surface area contributed by atoms with Crippen LogP contribution in [0.15, 0.2) is 72.3 Å². The van der Waals surface area contributed by atoms with Crippen LogP contribution in [-0.4, -0.2) is 58.8 Å². The van der Waals surface area contributed by atoms with Crippen LogP contribution in [0.2, 0.25) is 0 Å². The van der Waals surface area contributed by atoms with Gasteiger partial charge in [0.2, 0.25) is 0 Å². The van der Waals surface area contributed by atoms with Crippen LogP contribution >= 0.6 is 0 Å². The molecule has 3 heterocycles. The molecule has 0 bridgehead atoms. The number of anilines is 2. The molecule has 1 aromatic heterocycles. The van der Waals surface area contributed by atoms with Gasteiger partial charge in [-0.3, -0.25) is 10.3 Å². The van der Waals surface area contributed by atoms with Crippen LogP contribution in [0, 0.1) is 5.41 Å². The number of hydrogen-bond donors (Lipinski definition) is 4. The number of nitrogens with one attached hydrogen (secondary N) is 3. The molecule has 0 radical (unpaired) electrons. The highest BCUT2D eigenvalue weighted by molar-refractivity contribution is 6.17. The van der Waals surface area contributed by atoms with E-state index in [1.54, 1.807) is 0 Å². The van der Waals surface area contributed by atoms with E-state index in [0.717, 1.165) is 56.1 Å². The minimum Gasteiger partial charge on any atom is -0.458 e. The Hall–Kier alpha value is -3.49. The quantitative estimate of drug-likeness (QED) is 0.473. The minimum atomic E-state index is 0.302. The second-order valence-electron chi connectivity index (χ2n) is 8.87. The van der Waals surface area contributed by atoms with Gasteiger partial charge in [-0.05, 0) is 55.2 Å². The Labute approximate surface area is 200 Å². The Morgan fingerprint density at radius 2 is 1.88 bits per heavy atom. The number of nitrogens with two attached hydrogens (primary N) is 1. The van der Waals surface area contributed by atoms with Crippen molar-refractivity contribution in [3.05, 3.63) is 77.9 Å². The Balaban J connectivity index is 1.27. The summed E-state index contributed by atoms with van der Waals surface area (Å²) in [5.74, 6) is 2.47. The van der Waals surface area contributed by atoms with Crippen LogP contribution in [0.25, 0.3) is 0 Å². The molecule has 5 rings (SSSR count). The molecule has 0 amide bonds. The maximum Gasteiger partial charge on any atom is 0.141 e. The fourth-order valence-electron chi connectivity index (χ4n) is 4.53. The lowest BCUT2D eigenvalue weighted by molar-refractivity contribution is 0.117. The summed E-state index contributed by atoms with van der Waals surface area (Å²) in [5, 5.41) is 15.8. The fourth-order valence-corrected chi connectivity index (χ4v) is 4.53. The average molecular weight is 458 g/mol. The summed E-state index contributed by atoms with van der Waals surface area (Å²) in [6.07, 6.45) is 12.0. The van der Waals surface area contributed by atoms with E-state index < -0.39 is 0 Å². The molecule has 2 aliphatic heterocycles. The van der Waals surface area contributed by atoms with Crippen molar-refractivity contribution < 1.29 is 4.74 Å². The standard InChI is InChI=1S/C26H31N7O/c27-24(18-5-4-8-22(10-9-18)34-21-6-2-1-3-7-21)23-25(28)30-17-31-26(23)32-19-11-13-33(14-12-19)20-15-29-16-20/h1-3,5-10,17,19-20,27,29H,4,11-16H2,(H3,28,30,31,32). The minimum absolute atomic E-state index is 0.302. The number of aromatic nitrogens is 2. The molecular formula is C26H31N7O. The highest BCUT2D eigenvalue weighted by Gasteiger charge is 2.29. The van der Waals surface area contributed by atoms with Gasteiger partial charge in [-0.25, -0.2) is 9.97 Å². The van der Waals surface area contributed by atoms with E-state index in [1.807, 2.05) is 54.6 Å². The molecule has 0 unspecified atom stereocenters. The smallest absolute Gasteiger partial charge is 0.141 e. The summed E-state index contributed by atoms with van der Waals surface area (Å²) < 4.78 is 5.96. The lowest BCUT2D eigenvalue weighted by Crippen LogP contribution is -2.59. The van der Waals surface area contributed by atoms with Crippen LogP contribution in [0.3, 0.4) is 0 Å². The van der Waals surface area contributed by atoms with Gasteiger partial charge in [0.05, 0.1) is 11.3 Å². The van der Waals surface area contributed by atoms with Crippen molar-refractivity contribution in [1.82, 2.24) is 20.2 Å². The van der Waals surface area contributed by atoms with Crippen molar-refractivity contribution in [1.29, 1.82) is 5.41 Å². The van der Waals surface area contributed by atoms with Gasteiger partial charge in [-0.2, -0.15) is 0 Å². The van der Waals surface area contributed by atoms with Gasteiger partial charge in [0.15, 0.2) is 0 Å². The van der Waals surface area contributed by atoms with Crippen LogP contribution in [0.5, 0.6) is 5.75 Å². The molecule has 0 atom stereocenters. The first kappa shape index (κ1) is 22.3. The molecule has 34 heavy (non-hydrogen) atoms. The van der Waals surface area contributed by atoms with Gasteiger partial charge < -0.3 is 21.1 Å².